The van der Waals surface area contributed by atoms with E-state index in [1.54, 1.807) is 0 Å². The second-order valence-electron chi connectivity index (χ2n) is 4.43. The van der Waals surface area contributed by atoms with Gasteiger partial charge in [-0.3, -0.25) is 4.79 Å². The molecule has 1 aromatic heterocycles. The summed E-state index contributed by atoms with van der Waals surface area (Å²) in [6.07, 6.45) is 3.48. The van der Waals surface area contributed by atoms with Crippen LogP contribution in [0.2, 0.25) is 0 Å². The number of H-pyrrole nitrogens is 1. The summed E-state index contributed by atoms with van der Waals surface area (Å²) in [5.74, 6) is 0.795. The molecule has 0 saturated heterocycles. The maximum atomic E-state index is 11.8. The second-order valence-corrected chi connectivity index (χ2v) is 4.43. The Morgan fingerprint density at radius 3 is 2.70 bits per heavy atom. The fourth-order valence-corrected chi connectivity index (χ4v) is 2.04. The number of ether oxygens (including phenoxy) is 1. The Bertz CT molecular complexity index is 596. The zero-order valence-corrected chi connectivity index (χ0v) is 11.8. The largest absolute Gasteiger partial charge is 0.488 e. The summed E-state index contributed by atoms with van der Waals surface area (Å²) in [7, 11) is 1.48. The minimum absolute atomic E-state index is 0.243. The van der Waals surface area contributed by atoms with Gasteiger partial charge in [0.15, 0.2) is 5.82 Å². The number of nitrogens with one attached hydrogen (secondary N) is 1. The maximum absolute atomic E-state index is 11.8. The van der Waals surface area contributed by atoms with E-state index in [0.29, 0.717) is 5.82 Å². The molecule has 0 aliphatic rings. The monoisotopic (exact) mass is 273 g/mol. The van der Waals surface area contributed by atoms with E-state index in [-0.39, 0.29) is 11.3 Å². The zero-order chi connectivity index (χ0) is 14.4. The Kier molecular flexibility index (Phi) is 4.76. The molecular formula is C15H19N3O2. The Morgan fingerprint density at radius 1 is 1.30 bits per heavy atom. The molecule has 0 aliphatic carbocycles. The van der Waals surface area contributed by atoms with Crippen molar-refractivity contribution in [1.82, 2.24) is 9.97 Å². The molecule has 0 saturated carbocycles. The van der Waals surface area contributed by atoms with Crippen molar-refractivity contribution in [3.05, 3.63) is 47.0 Å². The van der Waals surface area contributed by atoms with Crippen molar-refractivity contribution >= 4 is 11.5 Å². The number of unbranched alkanes of at least 4 members (excludes halogenated alkanes) is 1. The molecule has 0 amide bonds. The lowest BCUT2D eigenvalue weighted by molar-refractivity contribution is 0.406. The molecule has 20 heavy (non-hydrogen) atoms. The third-order valence-electron chi connectivity index (χ3n) is 3.05. The summed E-state index contributed by atoms with van der Waals surface area (Å²) in [5, 5.41) is 0. The van der Waals surface area contributed by atoms with Crippen LogP contribution in [0.4, 0.5) is 11.5 Å². The third kappa shape index (κ3) is 2.99. The molecule has 5 heteroatoms. The molecule has 0 spiro atoms. The molecule has 1 heterocycles. The molecule has 1 aromatic carbocycles. The van der Waals surface area contributed by atoms with E-state index in [0.717, 1.165) is 25.1 Å². The Hall–Kier alpha value is -2.30. The number of benzene rings is 1. The zero-order valence-electron chi connectivity index (χ0n) is 11.8. The van der Waals surface area contributed by atoms with Gasteiger partial charge in [-0.05, 0) is 18.6 Å². The third-order valence-corrected chi connectivity index (χ3v) is 3.05. The van der Waals surface area contributed by atoms with Gasteiger partial charge in [-0.1, -0.05) is 31.5 Å². The summed E-state index contributed by atoms with van der Waals surface area (Å²) < 4.78 is 5.21. The van der Waals surface area contributed by atoms with E-state index in [4.69, 9.17) is 4.74 Å². The van der Waals surface area contributed by atoms with E-state index in [2.05, 4.69) is 16.9 Å². The fourth-order valence-electron chi connectivity index (χ4n) is 2.04. The van der Waals surface area contributed by atoms with E-state index in [1.165, 1.54) is 13.4 Å². The van der Waals surface area contributed by atoms with Crippen molar-refractivity contribution in [1.29, 1.82) is 0 Å². The van der Waals surface area contributed by atoms with E-state index in [9.17, 15) is 4.79 Å². The number of rotatable bonds is 6. The predicted octanol–water partition coefficient (Wildman–Crippen LogP) is 2.72. The van der Waals surface area contributed by atoms with Crippen molar-refractivity contribution in [3.8, 4) is 5.75 Å². The highest BCUT2D eigenvalue weighted by Crippen LogP contribution is 2.28. The quantitative estimate of drug-likeness (QED) is 0.879. The van der Waals surface area contributed by atoms with Gasteiger partial charge in [0.1, 0.15) is 0 Å². The number of anilines is 2. The Labute approximate surface area is 118 Å². The van der Waals surface area contributed by atoms with Gasteiger partial charge >= 0.3 is 0 Å². The molecule has 0 bridgehead atoms. The van der Waals surface area contributed by atoms with Crippen molar-refractivity contribution < 1.29 is 4.74 Å². The summed E-state index contributed by atoms with van der Waals surface area (Å²) >= 11 is 0. The number of aromatic nitrogens is 2. The first-order valence-electron chi connectivity index (χ1n) is 6.72. The van der Waals surface area contributed by atoms with E-state index >= 15 is 0 Å². The molecule has 0 aliphatic heterocycles. The van der Waals surface area contributed by atoms with Crippen molar-refractivity contribution in [3.63, 3.8) is 0 Å². The van der Waals surface area contributed by atoms with Crippen LogP contribution < -0.4 is 15.2 Å². The first-order valence-corrected chi connectivity index (χ1v) is 6.72. The lowest BCUT2D eigenvalue weighted by Crippen LogP contribution is -2.23. The van der Waals surface area contributed by atoms with Gasteiger partial charge in [0.2, 0.25) is 5.75 Å². The SMILES string of the molecule is CCCCN(c1ccccc1)c1nc[nH]c(=O)c1OC. The highest BCUT2D eigenvalue weighted by atomic mass is 16.5. The Morgan fingerprint density at radius 2 is 2.05 bits per heavy atom. The van der Waals surface area contributed by atoms with Gasteiger partial charge in [0.05, 0.1) is 13.4 Å². The molecule has 0 unspecified atom stereocenters. The summed E-state index contributed by atoms with van der Waals surface area (Å²) in [6, 6.07) is 9.89. The number of nitrogens with zero attached hydrogens (tertiary/aromatic N) is 2. The minimum Gasteiger partial charge on any atom is -0.488 e. The average Bonchev–Trinajstić information content (AvgIpc) is 2.49. The number of methoxy groups -OCH3 is 1. The average molecular weight is 273 g/mol. The minimum atomic E-state index is -0.269. The smallest absolute Gasteiger partial charge is 0.295 e. The lowest BCUT2D eigenvalue weighted by atomic mass is 10.2. The summed E-state index contributed by atoms with van der Waals surface area (Å²) in [4.78, 5) is 20.7. The van der Waals surface area contributed by atoms with Crippen LogP contribution in [0.5, 0.6) is 5.75 Å². The van der Waals surface area contributed by atoms with Gasteiger partial charge in [0.25, 0.3) is 5.56 Å². The highest BCUT2D eigenvalue weighted by Gasteiger charge is 2.17. The summed E-state index contributed by atoms with van der Waals surface area (Å²) in [6.45, 7) is 2.92. The van der Waals surface area contributed by atoms with Gasteiger partial charge in [0, 0.05) is 12.2 Å². The van der Waals surface area contributed by atoms with Crippen LogP contribution in [0, 0.1) is 0 Å². The molecule has 106 valence electrons. The van der Waals surface area contributed by atoms with Crippen LogP contribution in [-0.2, 0) is 0 Å². The van der Waals surface area contributed by atoms with Crippen molar-refractivity contribution in [2.24, 2.45) is 0 Å². The highest BCUT2D eigenvalue weighted by molar-refractivity contribution is 5.64. The van der Waals surface area contributed by atoms with Crippen LogP contribution in [-0.4, -0.2) is 23.6 Å². The molecular weight excluding hydrogens is 254 g/mol. The second kappa shape index (κ2) is 6.75. The standard InChI is InChI=1S/C15H19N3O2/c1-3-4-10-18(12-8-6-5-7-9-12)14-13(20-2)15(19)17-11-16-14/h5-9,11H,3-4,10H2,1-2H3,(H,16,17,19). The fraction of sp³-hybridized carbons (Fsp3) is 0.333. The molecule has 0 radical (unpaired) electrons. The van der Waals surface area contributed by atoms with Gasteiger partial charge < -0.3 is 14.6 Å². The van der Waals surface area contributed by atoms with Gasteiger partial charge in [-0.2, -0.15) is 0 Å². The van der Waals surface area contributed by atoms with Gasteiger partial charge in [-0.15, -0.1) is 0 Å². The van der Waals surface area contributed by atoms with E-state index < -0.39 is 0 Å². The van der Waals surface area contributed by atoms with Crippen LogP contribution in [0.15, 0.2) is 41.5 Å². The van der Waals surface area contributed by atoms with E-state index in [1.807, 2.05) is 35.2 Å². The van der Waals surface area contributed by atoms with Gasteiger partial charge in [-0.25, -0.2) is 4.98 Å². The topological polar surface area (TPSA) is 58.2 Å². The van der Waals surface area contributed by atoms with Crippen LogP contribution in [0.25, 0.3) is 0 Å². The number of hydrogen-bond acceptors (Lipinski definition) is 4. The molecule has 2 aromatic rings. The normalized spacial score (nSPS) is 10.3. The molecule has 2 rings (SSSR count). The molecule has 0 fully saturated rings. The van der Waals surface area contributed by atoms with Crippen LogP contribution >= 0.6 is 0 Å². The lowest BCUT2D eigenvalue weighted by Gasteiger charge is -2.24. The molecule has 0 atom stereocenters. The Balaban J connectivity index is 2.47. The number of hydrogen-bond donors (Lipinski definition) is 1. The van der Waals surface area contributed by atoms with Crippen LogP contribution in [0.1, 0.15) is 19.8 Å². The first-order chi connectivity index (χ1) is 9.77. The maximum Gasteiger partial charge on any atom is 0.295 e. The summed E-state index contributed by atoms with van der Waals surface area (Å²) in [5.41, 5.74) is 0.729. The van der Waals surface area contributed by atoms with Crippen LogP contribution in [0.3, 0.4) is 0 Å². The van der Waals surface area contributed by atoms with Crippen molar-refractivity contribution in [2.75, 3.05) is 18.6 Å². The van der Waals surface area contributed by atoms with Crippen molar-refractivity contribution in [2.45, 2.75) is 19.8 Å². The number of para-hydroxylation sites is 1. The first kappa shape index (κ1) is 14.1. The molecule has 1 N–H and O–H groups in total. The predicted molar refractivity (Wildman–Crippen MR) is 79.8 cm³/mol. The molecule has 5 nitrogen and oxygen atoms in total. The number of aromatic amines is 1.